The molecular weight excluding hydrogens is 555 g/mol. The van der Waals surface area contributed by atoms with Gasteiger partial charge in [-0.1, -0.05) is 30.3 Å². The first kappa shape index (κ1) is 29.1. The van der Waals surface area contributed by atoms with Crippen molar-refractivity contribution in [3.63, 3.8) is 0 Å². The third-order valence-corrected chi connectivity index (χ3v) is 8.14. The standard InChI is InChI=1S/C32H31FN4O4S/c33-27-10-3-23(4-11-27)7-16-32-36-22-31(41-32)25-8-14-29(15-9-25)42(39,40)37-28-12-5-24(6-13-28)17-19-35-21-30(38)26-2-1-18-34-20-26/h1-6,8-15,18,20,22,30,35,37-38H,7,16-17,19,21H2. The molecule has 1 unspecified atom stereocenters. The number of aliphatic hydroxyl groups is 1. The molecule has 0 bridgehead atoms. The van der Waals surface area contributed by atoms with Crippen LogP contribution >= 0.6 is 0 Å². The van der Waals surface area contributed by atoms with E-state index >= 15 is 0 Å². The van der Waals surface area contributed by atoms with Crippen molar-refractivity contribution in [2.45, 2.75) is 30.3 Å². The van der Waals surface area contributed by atoms with Crippen molar-refractivity contribution in [2.75, 3.05) is 17.8 Å². The Morgan fingerprint density at radius 1 is 0.857 bits per heavy atom. The molecule has 10 heteroatoms. The largest absolute Gasteiger partial charge is 0.441 e. The summed E-state index contributed by atoms with van der Waals surface area (Å²) in [6.07, 6.45) is 6.25. The summed E-state index contributed by atoms with van der Waals surface area (Å²) in [5.41, 5.74) is 3.95. The minimum absolute atomic E-state index is 0.128. The van der Waals surface area contributed by atoms with Gasteiger partial charge in [-0.25, -0.2) is 17.8 Å². The topological polar surface area (TPSA) is 117 Å². The molecule has 1 atom stereocenters. The number of nitrogens with zero attached hydrogens (tertiary/aromatic N) is 2. The number of nitrogens with one attached hydrogen (secondary N) is 2. The Kier molecular flexibility index (Phi) is 9.38. The second kappa shape index (κ2) is 13.5. The number of anilines is 1. The summed E-state index contributed by atoms with van der Waals surface area (Å²) in [5, 5.41) is 13.4. The average molecular weight is 587 g/mol. The summed E-state index contributed by atoms with van der Waals surface area (Å²) >= 11 is 0. The summed E-state index contributed by atoms with van der Waals surface area (Å²) in [7, 11) is -3.79. The number of hydrogen-bond acceptors (Lipinski definition) is 7. The van der Waals surface area contributed by atoms with Gasteiger partial charge in [0, 0.05) is 42.2 Å². The van der Waals surface area contributed by atoms with E-state index in [2.05, 4.69) is 20.0 Å². The Morgan fingerprint density at radius 3 is 2.29 bits per heavy atom. The summed E-state index contributed by atoms with van der Waals surface area (Å²) in [5.74, 6) is 0.818. The van der Waals surface area contributed by atoms with Crippen molar-refractivity contribution in [3.8, 4) is 11.3 Å². The first-order chi connectivity index (χ1) is 20.4. The summed E-state index contributed by atoms with van der Waals surface area (Å²) in [4.78, 5) is 8.46. The molecule has 3 N–H and O–H groups in total. The molecular formula is C32H31FN4O4S. The number of halogens is 1. The maximum absolute atomic E-state index is 13.1. The maximum Gasteiger partial charge on any atom is 0.261 e. The average Bonchev–Trinajstić information content (AvgIpc) is 3.49. The second-order valence-corrected chi connectivity index (χ2v) is 11.5. The van der Waals surface area contributed by atoms with Crippen molar-refractivity contribution in [1.29, 1.82) is 0 Å². The lowest BCUT2D eigenvalue weighted by Gasteiger charge is -2.12. The molecule has 0 spiro atoms. The molecule has 42 heavy (non-hydrogen) atoms. The predicted molar refractivity (Wildman–Crippen MR) is 159 cm³/mol. The van der Waals surface area contributed by atoms with Gasteiger partial charge >= 0.3 is 0 Å². The van der Waals surface area contributed by atoms with E-state index in [1.807, 2.05) is 18.2 Å². The van der Waals surface area contributed by atoms with Crippen molar-refractivity contribution < 1.29 is 22.3 Å². The van der Waals surface area contributed by atoms with E-state index in [1.54, 1.807) is 61.1 Å². The Bertz CT molecular complexity index is 1680. The Labute approximate surface area is 244 Å². The number of aromatic nitrogens is 2. The number of oxazole rings is 1. The zero-order valence-corrected chi connectivity index (χ0v) is 23.6. The highest BCUT2D eigenvalue weighted by molar-refractivity contribution is 7.92. The van der Waals surface area contributed by atoms with Crippen LogP contribution < -0.4 is 10.0 Å². The van der Waals surface area contributed by atoms with E-state index in [4.69, 9.17) is 4.42 Å². The van der Waals surface area contributed by atoms with Gasteiger partial charge in [0.1, 0.15) is 5.82 Å². The molecule has 0 saturated heterocycles. The number of aliphatic hydroxyl groups excluding tert-OH is 1. The first-order valence-corrected chi connectivity index (χ1v) is 15.0. The SMILES string of the molecule is O=S(=O)(Nc1ccc(CCNCC(O)c2cccnc2)cc1)c1ccc(-c2cnc(CCc3ccc(F)cc3)o2)cc1. The van der Waals surface area contributed by atoms with Crippen molar-refractivity contribution in [1.82, 2.24) is 15.3 Å². The van der Waals surface area contributed by atoms with Gasteiger partial charge in [0.25, 0.3) is 10.0 Å². The highest BCUT2D eigenvalue weighted by Gasteiger charge is 2.15. The third kappa shape index (κ3) is 7.88. The number of rotatable bonds is 13. The van der Waals surface area contributed by atoms with Crippen LogP contribution in [0.5, 0.6) is 0 Å². The minimum Gasteiger partial charge on any atom is -0.441 e. The lowest BCUT2D eigenvalue weighted by molar-refractivity contribution is 0.174. The molecule has 0 saturated carbocycles. The smallest absolute Gasteiger partial charge is 0.261 e. The van der Waals surface area contributed by atoms with Crippen LogP contribution in [0.3, 0.4) is 0 Å². The van der Waals surface area contributed by atoms with E-state index in [9.17, 15) is 17.9 Å². The van der Waals surface area contributed by atoms with Gasteiger partial charge in [0.05, 0.1) is 17.2 Å². The van der Waals surface area contributed by atoms with E-state index < -0.39 is 16.1 Å². The highest BCUT2D eigenvalue weighted by Crippen LogP contribution is 2.24. The molecule has 3 aromatic carbocycles. The fraction of sp³-hybridized carbons (Fsp3) is 0.188. The van der Waals surface area contributed by atoms with Crippen LogP contribution in [0.1, 0.15) is 28.7 Å². The van der Waals surface area contributed by atoms with Crippen LogP contribution in [0.4, 0.5) is 10.1 Å². The van der Waals surface area contributed by atoms with Gasteiger partial charge in [-0.3, -0.25) is 9.71 Å². The van der Waals surface area contributed by atoms with E-state index in [0.717, 1.165) is 23.1 Å². The van der Waals surface area contributed by atoms with Gasteiger partial charge in [-0.05, 0) is 85.1 Å². The summed E-state index contributed by atoms with van der Waals surface area (Å²) in [6, 6.07) is 23.6. The molecule has 0 radical (unpaired) electrons. The summed E-state index contributed by atoms with van der Waals surface area (Å²) < 4.78 is 47.5. The molecule has 216 valence electrons. The molecule has 5 rings (SSSR count). The molecule has 0 aliphatic rings. The van der Waals surface area contributed by atoms with Gasteiger partial charge in [0.2, 0.25) is 0 Å². The van der Waals surface area contributed by atoms with E-state index in [-0.39, 0.29) is 10.7 Å². The second-order valence-electron chi connectivity index (χ2n) is 9.83. The first-order valence-electron chi connectivity index (χ1n) is 13.6. The highest BCUT2D eigenvalue weighted by atomic mass is 32.2. The van der Waals surface area contributed by atoms with Gasteiger partial charge in [0.15, 0.2) is 11.7 Å². The predicted octanol–water partition coefficient (Wildman–Crippen LogP) is 5.33. The molecule has 0 aliphatic heterocycles. The van der Waals surface area contributed by atoms with Crippen LogP contribution in [-0.4, -0.2) is 36.6 Å². The molecule has 5 aromatic rings. The number of benzene rings is 3. The Balaban J connectivity index is 1.11. The lowest BCUT2D eigenvalue weighted by atomic mass is 10.1. The molecule has 0 amide bonds. The van der Waals surface area contributed by atoms with Crippen LogP contribution in [-0.2, 0) is 29.3 Å². The van der Waals surface area contributed by atoms with Crippen LogP contribution in [0, 0.1) is 5.82 Å². The normalized spacial score (nSPS) is 12.2. The molecule has 0 fully saturated rings. The number of aryl methyl sites for hydroxylation is 2. The van der Waals surface area contributed by atoms with Crippen molar-refractivity contribution in [2.24, 2.45) is 0 Å². The van der Waals surface area contributed by atoms with Gasteiger partial charge in [-0.2, -0.15) is 0 Å². The Morgan fingerprint density at radius 2 is 1.57 bits per heavy atom. The molecule has 8 nitrogen and oxygen atoms in total. The van der Waals surface area contributed by atoms with Crippen molar-refractivity contribution >= 4 is 15.7 Å². The minimum atomic E-state index is -3.79. The monoisotopic (exact) mass is 586 g/mol. The van der Waals surface area contributed by atoms with Gasteiger partial charge in [-0.15, -0.1) is 0 Å². The zero-order chi connectivity index (χ0) is 29.4. The van der Waals surface area contributed by atoms with E-state index in [1.165, 1.54) is 24.3 Å². The molecule has 2 heterocycles. The fourth-order valence-electron chi connectivity index (χ4n) is 4.38. The Hall–Kier alpha value is -4.38. The van der Waals surface area contributed by atoms with E-state index in [0.29, 0.717) is 48.8 Å². The van der Waals surface area contributed by atoms with Gasteiger partial charge < -0.3 is 14.8 Å². The number of sulfonamides is 1. The lowest BCUT2D eigenvalue weighted by Crippen LogP contribution is -2.23. The van der Waals surface area contributed by atoms with Crippen LogP contribution in [0.15, 0.2) is 113 Å². The quantitative estimate of drug-likeness (QED) is 0.160. The molecule has 0 aliphatic carbocycles. The van der Waals surface area contributed by atoms with Crippen LogP contribution in [0.25, 0.3) is 11.3 Å². The molecule has 2 aromatic heterocycles. The summed E-state index contributed by atoms with van der Waals surface area (Å²) in [6.45, 7) is 1.08. The maximum atomic E-state index is 13.1. The fourth-order valence-corrected chi connectivity index (χ4v) is 5.43. The third-order valence-electron chi connectivity index (χ3n) is 6.75. The zero-order valence-electron chi connectivity index (χ0n) is 22.8. The number of hydrogen-bond donors (Lipinski definition) is 3. The van der Waals surface area contributed by atoms with Crippen molar-refractivity contribution in [3.05, 3.63) is 132 Å². The number of pyridine rings is 1. The van der Waals surface area contributed by atoms with Crippen LogP contribution in [0.2, 0.25) is 0 Å².